The predicted molar refractivity (Wildman–Crippen MR) is 80.3 cm³/mol. The van der Waals surface area contributed by atoms with Gasteiger partial charge in [0.05, 0.1) is 0 Å². The molecule has 0 radical (unpaired) electrons. The summed E-state index contributed by atoms with van der Waals surface area (Å²) in [5, 5.41) is 0.336. The van der Waals surface area contributed by atoms with Crippen LogP contribution in [0.5, 0.6) is 0 Å². The van der Waals surface area contributed by atoms with Gasteiger partial charge in [-0.25, -0.2) is 4.98 Å². The van der Waals surface area contributed by atoms with Crippen LogP contribution in [-0.2, 0) is 0 Å². The topological polar surface area (TPSA) is 46.1 Å². The van der Waals surface area contributed by atoms with Gasteiger partial charge in [-0.1, -0.05) is 25.4 Å². The number of nitrogens with zero attached hydrogens (tertiary/aromatic N) is 3. The molecule has 0 bridgehead atoms. The van der Waals surface area contributed by atoms with E-state index in [1.807, 2.05) is 13.8 Å². The second-order valence-corrected chi connectivity index (χ2v) is 5.21. The van der Waals surface area contributed by atoms with Gasteiger partial charge in [-0.15, -0.1) is 0 Å². The summed E-state index contributed by atoms with van der Waals surface area (Å²) < 4.78 is 0. The van der Waals surface area contributed by atoms with E-state index >= 15 is 0 Å². The van der Waals surface area contributed by atoms with Gasteiger partial charge in [0.15, 0.2) is 0 Å². The largest absolute Gasteiger partial charge is 0.311 e. The fourth-order valence-corrected chi connectivity index (χ4v) is 2.03. The number of hydrogen-bond acceptors (Lipinski definition) is 3. The van der Waals surface area contributed by atoms with Crippen molar-refractivity contribution in [3.8, 4) is 0 Å². The zero-order chi connectivity index (χ0) is 14.7. The van der Waals surface area contributed by atoms with Crippen LogP contribution in [-0.4, -0.2) is 22.9 Å². The van der Waals surface area contributed by atoms with E-state index in [2.05, 4.69) is 9.97 Å². The SMILES string of the molecule is CC(C)c1cc(C(=O)N(C)c2ccncc2)cc(Cl)n1. The van der Waals surface area contributed by atoms with E-state index in [-0.39, 0.29) is 11.8 Å². The molecule has 0 N–H and O–H groups in total. The molecule has 2 heterocycles. The first kappa shape index (κ1) is 14.5. The Balaban J connectivity index is 2.34. The molecule has 2 rings (SSSR count). The number of amides is 1. The van der Waals surface area contributed by atoms with Gasteiger partial charge in [0.2, 0.25) is 0 Å². The molecular formula is C15H16ClN3O. The lowest BCUT2D eigenvalue weighted by Crippen LogP contribution is -2.26. The van der Waals surface area contributed by atoms with Crippen molar-refractivity contribution in [1.29, 1.82) is 0 Å². The van der Waals surface area contributed by atoms with Crippen LogP contribution >= 0.6 is 11.6 Å². The minimum Gasteiger partial charge on any atom is -0.311 e. The maximum Gasteiger partial charge on any atom is 0.258 e. The van der Waals surface area contributed by atoms with E-state index in [1.165, 1.54) is 0 Å². The van der Waals surface area contributed by atoms with Crippen molar-refractivity contribution in [1.82, 2.24) is 9.97 Å². The van der Waals surface area contributed by atoms with Crippen molar-refractivity contribution in [2.24, 2.45) is 0 Å². The summed E-state index contributed by atoms with van der Waals surface area (Å²) >= 11 is 6.00. The quantitative estimate of drug-likeness (QED) is 0.812. The second kappa shape index (κ2) is 6.01. The van der Waals surface area contributed by atoms with Gasteiger partial charge in [-0.2, -0.15) is 0 Å². The molecule has 2 aromatic rings. The zero-order valence-electron chi connectivity index (χ0n) is 11.7. The number of hydrogen-bond donors (Lipinski definition) is 0. The van der Waals surface area contributed by atoms with Crippen molar-refractivity contribution in [2.75, 3.05) is 11.9 Å². The van der Waals surface area contributed by atoms with Crippen molar-refractivity contribution >= 4 is 23.2 Å². The number of halogens is 1. The standard InChI is InChI=1S/C15H16ClN3O/c1-10(2)13-8-11(9-14(16)18-13)15(20)19(3)12-4-6-17-7-5-12/h4-10H,1-3H3. The molecule has 0 spiro atoms. The van der Waals surface area contributed by atoms with Crippen LogP contribution in [0, 0.1) is 0 Å². The highest BCUT2D eigenvalue weighted by atomic mass is 35.5. The van der Waals surface area contributed by atoms with Gasteiger partial charge in [0, 0.05) is 36.4 Å². The predicted octanol–water partition coefficient (Wildman–Crippen LogP) is 3.53. The molecule has 1 amide bonds. The van der Waals surface area contributed by atoms with E-state index in [9.17, 15) is 4.79 Å². The number of carbonyl (C=O) groups is 1. The molecule has 0 aliphatic carbocycles. The Morgan fingerprint density at radius 2 is 1.90 bits per heavy atom. The molecule has 5 heteroatoms. The highest BCUT2D eigenvalue weighted by Crippen LogP contribution is 2.20. The number of anilines is 1. The molecule has 104 valence electrons. The van der Waals surface area contributed by atoms with Crippen LogP contribution in [0.25, 0.3) is 0 Å². The molecule has 20 heavy (non-hydrogen) atoms. The molecule has 4 nitrogen and oxygen atoms in total. The van der Waals surface area contributed by atoms with E-state index in [1.54, 1.807) is 48.6 Å². The fraction of sp³-hybridized carbons (Fsp3) is 0.267. The van der Waals surface area contributed by atoms with Gasteiger partial charge in [0.25, 0.3) is 5.91 Å². The average molecular weight is 290 g/mol. The molecule has 0 aromatic carbocycles. The third kappa shape index (κ3) is 3.14. The third-order valence-electron chi connectivity index (χ3n) is 3.01. The maximum atomic E-state index is 12.5. The van der Waals surface area contributed by atoms with Gasteiger partial charge < -0.3 is 4.90 Å². The number of pyridine rings is 2. The van der Waals surface area contributed by atoms with Crippen molar-refractivity contribution in [3.63, 3.8) is 0 Å². The normalized spacial score (nSPS) is 10.7. The van der Waals surface area contributed by atoms with E-state index in [0.29, 0.717) is 10.7 Å². The van der Waals surface area contributed by atoms with Gasteiger partial charge in [-0.05, 0) is 30.2 Å². The summed E-state index contributed by atoms with van der Waals surface area (Å²) in [7, 11) is 1.72. The highest BCUT2D eigenvalue weighted by molar-refractivity contribution is 6.29. The average Bonchev–Trinajstić information content (AvgIpc) is 2.46. The van der Waals surface area contributed by atoms with Crippen molar-refractivity contribution < 1.29 is 4.79 Å². The lowest BCUT2D eigenvalue weighted by atomic mass is 10.1. The summed E-state index contributed by atoms with van der Waals surface area (Å²) in [5.74, 6) is 0.0916. The first-order valence-electron chi connectivity index (χ1n) is 6.34. The molecule has 2 aromatic heterocycles. The minimum atomic E-state index is -0.123. The number of aromatic nitrogens is 2. The van der Waals surface area contributed by atoms with E-state index in [4.69, 9.17) is 11.6 Å². The first-order valence-corrected chi connectivity index (χ1v) is 6.72. The monoisotopic (exact) mass is 289 g/mol. The fourth-order valence-electron chi connectivity index (χ4n) is 1.81. The molecule has 0 unspecified atom stereocenters. The smallest absolute Gasteiger partial charge is 0.258 e. The van der Waals surface area contributed by atoms with Gasteiger partial charge >= 0.3 is 0 Å². The Labute approximate surface area is 123 Å². The second-order valence-electron chi connectivity index (χ2n) is 4.83. The van der Waals surface area contributed by atoms with E-state index < -0.39 is 0 Å². The van der Waals surface area contributed by atoms with Crippen LogP contribution in [0.2, 0.25) is 5.15 Å². The van der Waals surface area contributed by atoms with Crippen LogP contribution < -0.4 is 4.90 Å². The molecule has 0 atom stereocenters. The van der Waals surface area contributed by atoms with Crippen LogP contribution in [0.4, 0.5) is 5.69 Å². The first-order chi connectivity index (χ1) is 9.49. The summed E-state index contributed by atoms with van der Waals surface area (Å²) in [6.07, 6.45) is 3.30. The Morgan fingerprint density at radius 1 is 1.25 bits per heavy atom. The molecule has 0 aliphatic heterocycles. The minimum absolute atomic E-state index is 0.123. The van der Waals surface area contributed by atoms with Gasteiger partial charge in [0.1, 0.15) is 5.15 Å². The molecule has 0 fully saturated rings. The summed E-state index contributed by atoms with van der Waals surface area (Å²) in [6.45, 7) is 4.03. The highest BCUT2D eigenvalue weighted by Gasteiger charge is 2.16. The third-order valence-corrected chi connectivity index (χ3v) is 3.20. The molecule has 0 aliphatic rings. The maximum absolute atomic E-state index is 12.5. The molecular weight excluding hydrogens is 274 g/mol. The summed E-state index contributed by atoms with van der Waals surface area (Å²) in [4.78, 5) is 22.2. The number of carbonyl (C=O) groups excluding carboxylic acids is 1. The number of rotatable bonds is 3. The van der Waals surface area contributed by atoms with Crippen molar-refractivity contribution in [3.05, 3.63) is 53.1 Å². The Morgan fingerprint density at radius 3 is 2.50 bits per heavy atom. The van der Waals surface area contributed by atoms with Gasteiger partial charge in [-0.3, -0.25) is 9.78 Å². The van der Waals surface area contributed by atoms with E-state index in [0.717, 1.165) is 11.4 Å². The van der Waals surface area contributed by atoms with Crippen molar-refractivity contribution in [2.45, 2.75) is 19.8 Å². The Bertz CT molecular complexity index is 614. The Hall–Kier alpha value is -1.94. The van der Waals surface area contributed by atoms with Crippen LogP contribution in [0.1, 0.15) is 35.8 Å². The summed E-state index contributed by atoms with van der Waals surface area (Å²) in [5.41, 5.74) is 2.13. The summed E-state index contributed by atoms with van der Waals surface area (Å²) in [6, 6.07) is 6.94. The zero-order valence-corrected chi connectivity index (χ0v) is 12.4. The lowest BCUT2D eigenvalue weighted by Gasteiger charge is -2.18. The lowest BCUT2D eigenvalue weighted by molar-refractivity contribution is 0.0993. The molecule has 0 saturated heterocycles. The van der Waals surface area contributed by atoms with Crippen LogP contribution in [0.15, 0.2) is 36.7 Å². The van der Waals surface area contributed by atoms with Crippen LogP contribution in [0.3, 0.4) is 0 Å². The Kier molecular flexibility index (Phi) is 4.35. The molecule has 0 saturated carbocycles.